The van der Waals surface area contributed by atoms with E-state index in [9.17, 15) is 0 Å². The summed E-state index contributed by atoms with van der Waals surface area (Å²) < 4.78 is 5.77. The Balaban J connectivity index is 0.000000980. The molecule has 2 rings (SSSR count). The molecule has 78 valence electrons. The minimum absolute atomic E-state index is 0. The highest BCUT2D eigenvalue weighted by Gasteiger charge is 2.24. The van der Waals surface area contributed by atoms with Crippen molar-refractivity contribution in [3.63, 3.8) is 0 Å². The van der Waals surface area contributed by atoms with Gasteiger partial charge in [-0.05, 0) is 24.5 Å². The van der Waals surface area contributed by atoms with E-state index in [0.29, 0.717) is 0 Å². The number of hydrogen-bond donors (Lipinski definition) is 1. The van der Waals surface area contributed by atoms with E-state index in [1.807, 2.05) is 18.2 Å². The molecule has 0 saturated heterocycles. The fraction of sp³-hybridized carbons (Fsp3) is 0.455. The number of fused-ring (bicyclic) bond motifs is 1. The number of nitrogens with two attached hydrogens (primary N) is 1. The third-order valence-electron chi connectivity index (χ3n) is 2.59. The maximum absolute atomic E-state index is 5.98. The zero-order chi connectivity index (χ0) is 9.26. The Morgan fingerprint density at radius 1 is 1.43 bits per heavy atom. The van der Waals surface area contributed by atoms with Gasteiger partial charge in [0.25, 0.3) is 0 Å². The van der Waals surface area contributed by atoms with Gasteiger partial charge in [-0.15, -0.1) is 12.4 Å². The molecule has 0 spiro atoms. The third-order valence-corrected chi connectivity index (χ3v) is 2.59. The fourth-order valence-electron chi connectivity index (χ4n) is 1.81. The van der Waals surface area contributed by atoms with Crippen LogP contribution in [0.2, 0.25) is 0 Å². The predicted molar refractivity (Wildman–Crippen MR) is 60.1 cm³/mol. The third kappa shape index (κ3) is 2.02. The Labute approximate surface area is 90.9 Å². The number of ether oxygens (including phenoxy) is 1. The molecule has 0 saturated carbocycles. The van der Waals surface area contributed by atoms with E-state index in [2.05, 4.69) is 13.0 Å². The second kappa shape index (κ2) is 4.67. The molecule has 3 heteroatoms. The Morgan fingerprint density at radius 3 is 2.86 bits per heavy atom. The van der Waals surface area contributed by atoms with Crippen LogP contribution in [-0.4, -0.2) is 12.1 Å². The second-order valence-electron chi connectivity index (χ2n) is 3.54. The van der Waals surface area contributed by atoms with Crippen LogP contribution in [0.4, 0.5) is 0 Å². The zero-order valence-electron chi connectivity index (χ0n) is 8.27. The summed E-state index contributed by atoms with van der Waals surface area (Å²) in [6.45, 7) is 2.11. The number of benzene rings is 1. The molecule has 1 aliphatic heterocycles. The van der Waals surface area contributed by atoms with Crippen LogP contribution >= 0.6 is 12.4 Å². The standard InChI is InChI=1S/C11H15NO.ClH/c1-2-10-9(12)7-8-5-3-4-6-11(8)13-10;/h3-6,9-10H,2,7,12H2,1H3;1H. The molecule has 0 fully saturated rings. The molecule has 2 atom stereocenters. The van der Waals surface area contributed by atoms with Gasteiger partial charge in [-0.1, -0.05) is 25.1 Å². The van der Waals surface area contributed by atoms with Crippen LogP contribution in [0.3, 0.4) is 0 Å². The van der Waals surface area contributed by atoms with E-state index in [4.69, 9.17) is 10.5 Å². The summed E-state index contributed by atoms with van der Waals surface area (Å²) in [4.78, 5) is 0. The van der Waals surface area contributed by atoms with Crippen molar-refractivity contribution >= 4 is 12.4 Å². The van der Waals surface area contributed by atoms with Gasteiger partial charge in [0, 0.05) is 6.04 Å². The number of rotatable bonds is 1. The monoisotopic (exact) mass is 213 g/mol. The minimum Gasteiger partial charge on any atom is -0.489 e. The summed E-state index contributed by atoms with van der Waals surface area (Å²) in [7, 11) is 0. The van der Waals surface area contributed by atoms with E-state index < -0.39 is 0 Å². The summed E-state index contributed by atoms with van der Waals surface area (Å²) in [6, 6.07) is 8.29. The Hall–Kier alpha value is -0.730. The summed E-state index contributed by atoms with van der Waals surface area (Å²) in [5, 5.41) is 0. The highest BCUT2D eigenvalue weighted by molar-refractivity contribution is 5.85. The van der Waals surface area contributed by atoms with Gasteiger partial charge in [0.15, 0.2) is 0 Å². The van der Waals surface area contributed by atoms with E-state index in [0.717, 1.165) is 18.6 Å². The quantitative estimate of drug-likeness (QED) is 0.776. The van der Waals surface area contributed by atoms with Crippen molar-refractivity contribution in [2.45, 2.75) is 31.9 Å². The molecule has 1 aromatic carbocycles. The van der Waals surface area contributed by atoms with Crippen molar-refractivity contribution in [1.29, 1.82) is 0 Å². The molecular formula is C11H16ClNO. The van der Waals surface area contributed by atoms with E-state index in [1.54, 1.807) is 0 Å². The van der Waals surface area contributed by atoms with Gasteiger partial charge < -0.3 is 10.5 Å². The molecule has 0 aromatic heterocycles. The average molecular weight is 214 g/mol. The van der Waals surface area contributed by atoms with Crippen molar-refractivity contribution < 1.29 is 4.74 Å². The van der Waals surface area contributed by atoms with E-state index in [-0.39, 0.29) is 24.6 Å². The summed E-state index contributed by atoms with van der Waals surface area (Å²) >= 11 is 0. The molecule has 1 aliphatic rings. The molecular weight excluding hydrogens is 198 g/mol. The van der Waals surface area contributed by atoms with Crippen molar-refractivity contribution in [1.82, 2.24) is 0 Å². The second-order valence-corrected chi connectivity index (χ2v) is 3.54. The first-order valence-corrected chi connectivity index (χ1v) is 4.81. The maximum atomic E-state index is 5.98. The Kier molecular flexibility index (Phi) is 3.78. The maximum Gasteiger partial charge on any atom is 0.123 e. The van der Waals surface area contributed by atoms with Gasteiger partial charge in [-0.3, -0.25) is 0 Å². The lowest BCUT2D eigenvalue weighted by atomic mass is 9.96. The first kappa shape index (κ1) is 11.3. The topological polar surface area (TPSA) is 35.2 Å². The minimum atomic E-state index is 0. The lowest BCUT2D eigenvalue weighted by Gasteiger charge is -2.30. The molecule has 2 nitrogen and oxygen atoms in total. The molecule has 2 unspecified atom stereocenters. The zero-order valence-corrected chi connectivity index (χ0v) is 9.09. The van der Waals surface area contributed by atoms with Gasteiger partial charge >= 0.3 is 0 Å². The molecule has 0 radical (unpaired) electrons. The first-order valence-electron chi connectivity index (χ1n) is 4.81. The molecule has 1 heterocycles. The molecule has 0 amide bonds. The Morgan fingerprint density at radius 2 is 2.14 bits per heavy atom. The van der Waals surface area contributed by atoms with E-state index in [1.165, 1.54) is 5.56 Å². The molecule has 2 N–H and O–H groups in total. The van der Waals surface area contributed by atoms with Gasteiger partial charge in [0.05, 0.1) is 0 Å². The van der Waals surface area contributed by atoms with Crippen molar-refractivity contribution in [3.8, 4) is 5.75 Å². The molecule has 1 aromatic rings. The van der Waals surface area contributed by atoms with Crippen LogP contribution in [0.5, 0.6) is 5.75 Å². The molecule has 14 heavy (non-hydrogen) atoms. The fourth-order valence-corrected chi connectivity index (χ4v) is 1.81. The van der Waals surface area contributed by atoms with Crippen molar-refractivity contribution in [2.24, 2.45) is 5.73 Å². The summed E-state index contributed by atoms with van der Waals surface area (Å²) in [5.74, 6) is 1.01. The molecule has 0 bridgehead atoms. The largest absolute Gasteiger partial charge is 0.489 e. The van der Waals surface area contributed by atoms with Gasteiger partial charge in [0.2, 0.25) is 0 Å². The van der Waals surface area contributed by atoms with Gasteiger partial charge in [0.1, 0.15) is 11.9 Å². The number of halogens is 1. The van der Waals surface area contributed by atoms with Crippen LogP contribution < -0.4 is 10.5 Å². The number of para-hydroxylation sites is 1. The van der Waals surface area contributed by atoms with Crippen LogP contribution in [0.1, 0.15) is 18.9 Å². The SMILES string of the molecule is CCC1Oc2ccccc2CC1N.Cl. The van der Waals surface area contributed by atoms with Crippen LogP contribution in [-0.2, 0) is 6.42 Å². The smallest absolute Gasteiger partial charge is 0.123 e. The average Bonchev–Trinajstić information content (AvgIpc) is 2.17. The van der Waals surface area contributed by atoms with Crippen LogP contribution in [0.15, 0.2) is 24.3 Å². The lowest BCUT2D eigenvalue weighted by Crippen LogP contribution is -2.43. The van der Waals surface area contributed by atoms with Crippen molar-refractivity contribution in [2.75, 3.05) is 0 Å². The van der Waals surface area contributed by atoms with Crippen LogP contribution in [0.25, 0.3) is 0 Å². The van der Waals surface area contributed by atoms with Crippen molar-refractivity contribution in [3.05, 3.63) is 29.8 Å². The van der Waals surface area contributed by atoms with E-state index >= 15 is 0 Å². The van der Waals surface area contributed by atoms with Crippen LogP contribution in [0, 0.1) is 0 Å². The lowest BCUT2D eigenvalue weighted by molar-refractivity contribution is 0.147. The number of hydrogen-bond acceptors (Lipinski definition) is 2. The van der Waals surface area contributed by atoms with Gasteiger partial charge in [-0.25, -0.2) is 0 Å². The van der Waals surface area contributed by atoms with Gasteiger partial charge in [-0.2, -0.15) is 0 Å². The predicted octanol–water partition coefficient (Wildman–Crippen LogP) is 2.15. The molecule has 0 aliphatic carbocycles. The highest BCUT2D eigenvalue weighted by Crippen LogP contribution is 2.27. The normalized spacial score (nSPS) is 24.4. The highest BCUT2D eigenvalue weighted by atomic mass is 35.5. The summed E-state index contributed by atoms with van der Waals surface area (Å²) in [5.41, 5.74) is 7.22. The first-order chi connectivity index (χ1) is 6.31. The Bertz CT molecular complexity index is 303. The summed E-state index contributed by atoms with van der Waals surface area (Å²) in [6.07, 6.45) is 2.11.